The molecule has 4 rings (SSSR count). The summed E-state index contributed by atoms with van der Waals surface area (Å²) in [6, 6.07) is 15.9. The number of nitrogens with one attached hydrogen (secondary N) is 1. The summed E-state index contributed by atoms with van der Waals surface area (Å²) in [5.41, 5.74) is 2.66. The number of carbonyl (C=O) groups excluding carboxylic acids is 1. The van der Waals surface area contributed by atoms with Crippen LogP contribution in [0.4, 0.5) is 9.39 Å². The number of nitrogens with zero attached hydrogens (tertiary/aromatic N) is 1. The van der Waals surface area contributed by atoms with Crippen molar-refractivity contribution in [2.45, 2.75) is 6.42 Å². The van der Waals surface area contributed by atoms with Crippen molar-refractivity contribution in [2.75, 3.05) is 5.32 Å². The first-order valence-electron chi connectivity index (χ1n) is 7.67. The van der Waals surface area contributed by atoms with Gasteiger partial charge in [0.25, 0.3) is 0 Å². The highest BCUT2D eigenvalue weighted by Crippen LogP contribution is 2.37. The molecule has 3 nitrogen and oxygen atoms in total. The Balaban J connectivity index is 1.55. The first kappa shape index (κ1) is 15.9. The van der Waals surface area contributed by atoms with Crippen LogP contribution in [0.2, 0.25) is 0 Å². The smallest absolute Gasteiger partial charge is 0.229 e. The SMILES string of the molecule is O=C(Cc1ccc(F)cc1)Nc1sccc1-c1nc2ccccc2s1. The molecule has 6 heteroatoms. The third-order valence-corrected chi connectivity index (χ3v) is 5.62. The molecule has 0 aliphatic rings. The average molecular weight is 368 g/mol. The molecule has 1 N–H and O–H groups in total. The highest BCUT2D eigenvalue weighted by Gasteiger charge is 2.14. The van der Waals surface area contributed by atoms with Crippen LogP contribution < -0.4 is 5.32 Å². The second-order valence-corrected chi connectivity index (χ2v) is 7.45. The van der Waals surface area contributed by atoms with Crippen molar-refractivity contribution in [1.82, 2.24) is 4.98 Å². The number of benzene rings is 2. The Morgan fingerprint density at radius 1 is 1.08 bits per heavy atom. The van der Waals surface area contributed by atoms with E-state index < -0.39 is 0 Å². The van der Waals surface area contributed by atoms with Gasteiger partial charge in [-0.1, -0.05) is 24.3 Å². The Kier molecular flexibility index (Phi) is 4.29. The molecule has 0 aliphatic heterocycles. The summed E-state index contributed by atoms with van der Waals surface area (Å²) in [6.45, 7) is 0. The molecular formula is C19H13FN2OS2. The van der Waals surface area contributed by atoms with E-state index >= 15 is 0 Å². The Hall–Kier alpha value is -2.57. The number of amides is 1. The number of hydrogen-bond acceptors (Lipinski definition) is 4. The van der Waals surface area contributed by atoms with Gasteiger partial charge in [0.1, 0.15) is 15.8 Å². The Labute approximate surface area is 151 Å². The van der Waals surface area contributed by atoms with Gasteiger partial charge in [-0.15, -0.1) is 22.7 Å². The Morgan fingerprint density at radius 3 is 2.68 bits per heavy atom. The quantitative estimate of drug-likeness (QED) is 0.528. The summed E-state index contributed by atoms with van der Waals surface area (Å²) < 4.78 is 14.1. The van der Waals surface area contributed by atoms with Gasteiger partial charge in [-0.25, -0.2) is 9.37 Å². The monoisotopic (exact) mass is 368 g/mol. The van der Waals surface area contributed by atoms with Gasteiger partial charge >= 0.3 is 0 Å². The molecule has 0 saturated carbocycles. The minimum absolute atomic E-state index is 0.128. The van der Waals surface area contributed by atoms with Gasteiger partial charge in [0, 0.05) is 5.56 Å². The summed E-state index contributed by atoms with van der Waals surface area (Å²) in [5, 5.41) is 6.56. The number of anilines is 1. The maximum Gasteiger partial charge on any atom is 0.229 e. The molecule has 4 aromatic rings. The average Bonchev–Trinajstić information content (AvgIpc) is 3.22. The standard InChI is InChI=1S/C19H13FN2OS2/c20-13-7-5-12(6-8-13)11-17(23)22-18-14(9-10-24-18)19-21-15-3-1-2-4-16(15)25-19/h1-10H,11H2,(H,22,23). The van der Waals surface area contributed by atoms with E-state index in [9.17, 15) is 9.18 Å². The van der Waals surface area contributed by atoms with Gasteiger partial charge in [-0.2, -0.15) is 0 Å². The largest absolute Gasteiger partial charge is 0.317 e. The predicted octanol–water partition coefficient (Wildman–Crippen LogP) is 5.35. The maximum absolute atomic E-state index is 13.0. The summed E-state index contributed by atoms with van der Waals surface area (Å²) in [4.78, 5) is 17.0. The highest BCUT2D eigenvalue weighted by molar-refractivity contribution is 7.22. The zero-order valence-corrected chi connectivity index (χ0v) is 14.7. The van der Waals surface area contributed by atoms with E-state index in [1.165, 1.54) is 23.5 Å². The molecule has 0 fully saturated rings. The van der Waals surface area contributed by atoms with E-state index in [4.69, 9.17) is 0 Å². The van der Waals surface area contributed by atoms with Crippen LogP contribution in [0.1, 0.15) is 5.56 Å². The first-order valence-corrected chi connectivity index (χ1v) is 9.36. The second-order valence-electron chi connectivity index (χ2n) is 5.50. The lowest BCUT2D eigenvalue weighted by Crippen LogP contribution is -2.14. The molecule has 0 bridgehead atoms. The first-order chi connectivity index (χ1) is 12.2. The predicted molar refractivity (Wildman–Crippen MR) is 102 cm³/mol. The van der Waals surface area contributed by atoms with Crippen LogP contribution in [0.15, 0.2) is 60.0 Å². The third kappa shape index (κ3) is 3.45. The number of hydrogen-bond donors (Lipinski definition) is 1. The Bertz CT molecular complexity index is 1000. The summed E-state index contributed by atoms with van der Waals surface area (Å²) in [7, 11) is 0. The molecule has 0 saturated heterocycles. The number of thiophene rings is 1. The number of thiazole rings is 1. The van der Waals surface area contributed by atoms with Crippen molar-refractivity contribution >= 4 is 43.8 Å². The maximum atomic E-state index is 13.0. The molecule has 2 aromatic carbocycles. The number of carbonyl (C=O) groups is 1. The van der Waals surface area contributed by atoms with E-state index in [1.807, 2.05) is 35.7 Å². The van der Waals surface area contributed by atoms with Gasteiger partial charge in [0.15, 0.2) is 0 Å². The molecular weight excluding hydrogens is 355 g/mol. The van der Waals surface area contributed by atoms with Crippen LogP contribution in [0.3, 0.4) is 0 Å². The lowest BCUT2D eigenvalue weighted by Gasteiger charge is -2.05. The van der Waals surface area contributed by atoms with Crippen molar-refractivity contribution in [2.24, 2.45) is 0 Å². The van der Waals surface area contributed by atoms with Crippen LogP contribution in [0.25, 0.3) is 20.8 Å². The summed E-state index contributed by atoms with van der Waals surface area (Å²) in [6.07, 6.45) is 0.206. The number of halogens is 1. The van der Waals surface area contributed by atoms with Crippen LogP contribution in [0.5, 0.6) is 0 Å². The van der Waals surface area contributed by atoms with Gasteiger partial charge in [-0.05, 0) is 41.3 Å². The van der Waals surface area contributed by atoms with Gasteiger partial charge in [0.2, 0.25) is 5.91 Å². The Morgan fingerprint density at radius 2 is 1.88 bits per heavy atom. The number of para-hydroxylation sites is 1. The number of rotatable bonds is 4. The third-order valence-electron chi connectivity index (χ3n) is 3.72. The molecule has 25 heavy (non-hydrogen) atoms. The number of aromatic nitrogens is 1. The van der Waals surface area contributed by atoms with Crippen LogP contribution in [-0.4, -0.2) is 10.9 Å². The fraction of sp³-hybridized carbons (Fsp3) is 0.0526. The van der Waals surface area contributed by atoms with E-state index in [2.05, 4.69) is 10.3 Å². The van der Waals surface area contributed by atoms with Crippen molar-refractivity contribution in [3.63, 3.8) is 0 Å². The van der Waals surface area contributed by atoms with Crippen molar-refractivity contribution in [1.29, 1.82) is 0 Å². The molecule has 0 atom stereocenters. The highest BCUT2D eigenvalue weighted by atomic mass is 32.1. The van der Waals surface area contributed by atoms with Crippen LogP contribution >= 0.6 is 22.7 Å². The molecule has 2 heterocycles. The van der Waals surface area contributed by atoms with Crippen LogP contribution in [-0.2, 0) is 11.2 Å². The van der Waals surface area contributed by atoms with Crippen molar-refractivity contribution < 1.29 is 9.18 Å². The normalized spacial score (nSPS) is 10.9. The van der Waals surface area contributed by atoms with Gasteiger partial charge < -0.3 is 5.32 Å². The summed E-state index contributed by atoms with van der Waals surface area (Å²) in [5.74, 6) is -0.433. The molecule has 0 spiro atoms. The van der Waals surface area contributed by atoms with E-state index in [1.54, 1.807) is 23.5 Å². The topological polar surface area (TPSA) is 42.0 Å². The minimum atomic E-state index is -0.305. The van der Waals surface area contributed by atoms with Crippen molar-refractivity contribution in [3.8, 4) is 10.6 Å². The van der Waals surface area contributed by atoms with E-state index in [0.717, 1.165) is 31.4 Å². The molecule has 0 unspecified atom stereocenters. The molecule has 2 aromatic heterocycles. The molecule has 0 aliphatic carbocycles. The fourth-order valence-corrected chi connectivity index (χ4v) is 4.39. The lowest BCUT2D eigenvalue weighted by atomic mass is 10.1. The molecule has 1 amide bonds. The zero-order chi connectivity index (χ0) is 17.2. The number of fused-ring (bicyclic) bond motifs is 1. The van der Waals surface area contributed by atoms with Crippen molar-refractivity contribution in [3.05, 3.63) is 71.4 Å². The minimum Gasteiger partial charge on any atom is -0.317 e. The molecule has 124 valence electrons. The second kappa shape index (κ2) is 6.74. The van der Waals surface area contributed by atoms with Gasteiger partial charge in [-0.3, -0.25) is 4.79 Å². The molecule has 0 radical (unpaired) electrons. The zero-order valence-electron chi connectivity index (χ0n) is 13.0. The summed E-state index contributed by atoms with van der Waals surface area (Å²) >= 11 is 3.07. The van der Waals surface area contributed by atoms with Crippen LogP contribution in [0, 0.1) is 5.82 Å². The van der Waals surface area contributed by atoms with E-state index in [-0.39, 0.29) is 18.1 Å². The fourth-order valence-electron chi connectivity index (χ4n) is 2.52. The van der Waals surface area contributed by atoms with E-state index in [0.29, 0.717) is 0 Å². The lowest BCUT2D eigenvalue weighted by molar-refractivity contribution is -0.115. The van der Waals surface area contributed by atoms with Gasteiger partial charge in [0.05, 0.1) is 16.6 Å².